The normalized spacial score (nSPS) is 25.3. The number of carboxylic acid groups (broad SMARTS) is 1. The van der Waals surface area contributed by atoms with E-state index in [-0.39, 0.29) is 65.1 Å². The van der Waals surface area contributed by atoms with Gasteiger partial charge in [0.1, 0.15) is 11.7 Å². The summed E-state index contributed by atoms with van der Waals surface area (Å²) in [4.78, 5) is 76.9. The Morgan fingerprint density at radius 2 is 0.923 bits per heavy atom. The number of ketones is 1. The minimum absolute atomic E-state index is 0. The number of nitrogens with one attached hydrogen (secondary N) is 1. The second kappa shape index (κ2) is 37.8. The third-order valence-corrected chi connectivity index (χ3v) is 12.3. The van der Waals surface area contributed by atoms with Gasteiger partial charge in [-0.2, -0.15) is 0 Å². The largest absolute Gasteiger partial charge is 1.00 e. The number of ether oxygens (including phenoxy) is 3. The predicted molar refractivity (Wildman–Crippen MR) is 245 cm³/mol. The van der Waals surface area contributed by atoms with Gasteiger partial charge in [0, 0.05) is 110 Å². The van der Waals surface area contributed by atoms with Crippen molar-refractivity contribution in [2.24, 2.45) is 17.8 Å². The van der Waals surface area contributed by atoms with Gasteiger partial charge in [-0.15, -0.1) is 0 Å². The van der Waals surface area contributed by atoms with Crippen LogP contribution in [0, 0.1) is 17.8 Å². The number of carbonyl (C=O) groups is 6. The van der Waals surface area contributed by atoms with Gasteiger partial charge in [-0.3, -0.25) is 33.8 Å². The molecule has 0 spiro atoms. The number of carboxylic acids is 1. The summed E-state index contributed by atoms with van der Waals surface area (Å²) < 4.78 is 18.9. The Morgan fingerprint density at radius 3 is 1.25 bits per heavy atom. The van der Waals surface area contributed by atoms with Crippen molar-refractivity contribution < 1.29 is 82.3 Å². The van der Waals surface area contributed by atoms with E-state index in [1.165, 1.54) is 45.7 Å². The van der Waals surface area contributed by atoms with Crippen molar-refractivity contribution in [2.45, 2.75) is 124 Å². The van der Waals surface area contributed by atoms with Crippen LogP contribution in [0.15, 0.2) is 0 Å². The molecule has 6 fully saturated rings. The Hall–Kier alpha value is -2.16. The third-order valence-electron chi connectivity index (χ3n) is 12.3. The van der Waals surface area contributed by atoms with Gasteiger partial charge in [-0.25, -0.2) is 0 Å². The van der Waals surface area contributed by atoms with Crippen LogP contribution >= 0.6 is 0 Å². The average molecular weight is 931 g/mol. The van der Waals surface area contributed by atoms with E-state index in [4.69, 9.17) is 24.1 Å². The van der Waals surface area contributed by atoms with Crippen LogP contribution in [0.25, 0.3) is 0 Å². The van der Waals surface area contributed by atoms with Crippen molar-refractivity contribution >= 4 is 43.7 Å². The van der Waals surface area contributed by atoms with Gasteiger partial charge in [0.2, 0.25) is 0 Å². The summed E-state index contributed by atoms with van der Waals surface area (Å²) in [5, 5.41) is 12.2. The predicted octanol–water partition coefficient (Wildman–Crippen LogP) is -1.07. The van der Waals surface area contributed by atoms with Crippen molar-refractivity contribution in [3.05, 3.63) is 0 Å². The molecule has 3 heterocycles. The van der Waals surface area contributed by atoms with Gasteiger partial charge in [-0.05, 0) is 87.4 Å². The van der Waals surface area contributed by atoms with Crippen molar-refractivity contribution in [1.29, 1.82) is 0 Å². The fourth-order valence-corrected chi connectivity index (χ4v) is 8.70. The van der Waals surface area contributed by atoms with E-state index in [1.54, 1.807) is 6.92 Å². The first-order chi connectivity index (χ1) is 30.6. The fraction of sp³-hybridized carbons (Fsp3) is 0.870. The molecule has 0 bridgehead atoms. The fourth-order valence-electron chi connectivity index (χ4n) is 8.70. The molecule has 3 aliphatic heterocycles. The molecule has 0 aromatic heterocycles. The Balaban J connectivity index is 0.000000814. The molecule has 0 aromatic carbocycles. The molecule has 1 unspecified atom stereocenters. The van der Waals surface area contributed by atoms with E-state index in [0.29, 0.717) is 44.7 Å². The monoisotopic (exact) mass is 931 g/mol. The molecule has 368 valence electrons. The summed E-state index contributed by atoms with van der Waals surface area (Å²) in [7, 11) is 10.8. The number of aliphatic carboxylic acids is 1. The average Bonchev–Trinajstić information content (AvgIpc) is 3.28. The van der Waals surface area contributed by atoms with Gasteiger partial charge in [-0.1, -0.05) is 32.1 Å². The molecule has 65 heavy (non-hydrogen) atoms. The second-order valence-corrected chi connectivity index (χ2v) is 17.3. The van der Waals surface area contributed by atoms with Crippen molar-refractivity contribution in [3.8, 4) is 0 Å². The van der Waals surface area contributed by atoms with Crippen molar-refractivity contribution in [3.63, 3.8) is 0 Å². The molecule has 2 radical (unpaired) electrons. The maximum atomic E-state index is 12.1. The summed E-state index contributed by atoms with van der Waals surface area (Å²) in [5.41, 5.74) is 0. The number of nitrogens with zero attached hydrogens (tertiary/aromatic N) is 5. The number of carbonyl (C=O) groups excluding carboxylic acids is 6. The zero-order valence-electron chi connectivity index (χ0n) is 41.8. The Labute approximate surface area is 414 Å². The quantitative estimate of drug-likeness (QED) is 0.134. The number of Topliss-reactive ketones (excluding diaryl/α,β-unsaturated/α-hetero) is 1. The van der Waals surface area contributed by atoms with Gasteiger partial charge < -0.3 is 48.8 Å². The zero-order chi connectivity index (χ0) is 47.9. The van der Waals surface area contributed by atoms with E-state index < -0.39 is 17.9 Å². The van der Waals surface area contributed by atoms with E-state index >= 15 is 0 Å². The molecule has 6 rings (SSSR count). The first-order valence-electron chi connectivity index (χ1n) is 23.9. The summed E-state index contributed by atoms with van der Waals surface area (Å²) >= 11 is 0. The maximum Gasteiger partial charge on any atom is 1.00 e. The second-order valence-electron chi connectivity index (χ2n) is 17.3. The number of likely N-dealkylation sites (N-methyl/N-ethyl adjacent to an activating group) is 3. The minimum atomic E-state index is -1.08. The molecular weight excluding hydrogens is 846 g/mol. The van der Waals surface area contributed by atoms with E-state index in [0.717, 1.165) is 111 Å². The minimum Gasteiger partial charge on any atom is -0.550 e. The van der Waals surface area contributed by atoms with Crippen LogP contribution in [-0.2, 0) is 47.6 Å². The van der Waals surface area contributed by atoms with E-state index in [2.05, 4.69) is 63.7 Å². The molecule has 0 amide bonds. The van der Waals surface area contributed by atoms with Crippen LogP contribution in [0.3, 0.4) is 0 Å². The molecule has 3 saturated heterocycles. The molecule has 17 nitrogen and oxygen atoms in total. The van der Waals surface area contributed by atoms with Crippen molar-refractivity contribution in [2.75, 3.05) is 120 Å². The first-order valence-corrected chi connectivity index (χ1v) is 23.9. The van der Waals surface area contributed by atoms with Gasteiger partial charge in [0.15, 0.2) is 0 Å². The zero-order valence-corrected chi connectivity index (χ0v) is 43.8. The van der Waals surface area contributed by atoms with Crippen LogP contribution in [0.2, 0.25) is 0 Å². The van der Waals surface area contributed by atoms with Gasteiger partial charge >= 0.3 is 55.5 Å². The summed E-state index contributed by atoms with van der Waals surface area (Å²) in [6, 6.07) is 0.845. The van der Waals surface area contributed by atoms with Crippen LogP contribution in [-0.4, -0.2) is 200 Å². The van der Waals surface area contributed by atoms with E-state index in [9.17, 15) is 24.0 Å². The Kier molecular flexibility index (Phi) is 36.5. The Morgan fingerprint density at radius 1 is 0.585 bits per heavy atom. The molecule has 6 aliphatic rings. The number of hydrogen-bond acceptors (Lipinski definition) is 17. The smallest absolute Gasteiger partial charge is 0.550 e. The SMILES string of the molecule is CC(=O)[O-].CCOC(=O)C1CCCCC1=O.CCOC(=O)[C@@H]1CCCC[C@@H]1N1CCN(C)CC1.CCOC(=O)[C@@H]1CCCC[C@H]1N1CCN(C)CC1.CN1CCNCC1.[B]OC(C)=O.[Na+]. The van der Waals surface area contributed by atoms with Crippen LogP contribution in [0.4, 0.5) is 0 Å². The molecule has 3 saturated carbocycles. The molecule has 3 aliphatic carbocycles. The number of hydrogen-bond donors (Lipinski definition) is 1. The topological polar surface area (TPSA) is 191 Å². The molecule has 19 heteroatoms. The van der Waals surface area contributed by atoms with Gasteiger partial charge in [0.05, 0.1) is 31.7 Å². The summed E-state index contributed by atoms with van der Waals surface area (Å²) in [5.74, 6) is -2.00. The standard InChI is InChI=1S/2C14H26N2O2.C9H14O3.C5H12N2.C2H3BO2.C2H4O2.Na/c2*1-3-18-14(17)12-6-4-5-7-13(12)16-10-8-15(2)9-11-16;1-2-12-9(11)7-5-3-4-6-8(7)10;1-7-4-2-6-3-5-7;1-2(4)5-3;1-2(3)4;/h2*12-13H,3-11H2,1-2H3;7H,2-6H2,1H3;6H,2-5H2,1H3;1H3;1H3,(H,3,4);/q;;;;;;+1/p-1/t12-,13+;12-,13-;;;;;/m11...../s1. The maximum absolute atomic E-state index is 12.1. The van der Waals surface area contributed by atoms with Gasteiger partial charge in [0.25, 0.3) is 5.97 Å². The van der Waals surface area contributed by atoms with Crippen LogP contribution in [0.5, 0.6) is 0 Å². The summed E-state index contributed by atoms with van der Waals surface area (Å²) in [6.45, 7) is 22.7. The third kappa shape index (κ3) is 27.4. The molecule has 0 aromatic rings. The molecule has 1 N–H and O–H groups in total. The molecular formula is C46H84BN6NaO11. The number of piperazine rings is 3. The number of esters is 3. The van der Waals surface area contributed by atoms with Crippen LogP contribution in [0.1, 0.15) is 112 Å². The van der Waals surface area contributed by atoms with E-state index in [1.807, 2.05) is 13.8 Å². The van der Waals surface area contributed by atoms with Crippen molar-refractivity contribution in [1.82, 2.24) is 29.8 Å². The number of rotatable bonds is 8. The first kappa shape index (κ1) is 62.8. The van der Waals surface area contributed by atoms with Crippen LogP contribution < -0.4 is 40.0 Å². The summed E-state index contributed by atoms with van der Waals surface area (Å²) in [6.07, 6.45) is 12.3. The Bertz CT molecular complexity index is 1270. The molecule has 5 atom stereocenters.